The van der Waals surface area contributed by atoms with E-state index >= 15 is 0 Å². The van der Waals surface area contributed by atoms with Gasteiger partial charge in [-0.1, -0.05) is 24.3 Å². The molecule has 7 heteroatoms. The van der Waals surface area contributed by atoms with Gasteiger partial charge in [0.05, 0.1) is 0 Å². The van der Waals surface area contributed by atoms with Crippen molar-refractivity contribution < 1.29 is 12.8 Å². The van der Waals surface area contributed by atoms with Gasteiger partial charge in [0.15, 0.2) is 0 Å². The van der Waals surface area contributed by atoms with Crippen LogP contribution in [0.4, 0.5) is 4.39 Å². The van der Waals surface area contributed by atoms with Gasteiger partial charge in [-0.15, -0.1) is 0 Å². The minimum absolute atomic E-state index is 0.232. The fourth-order valence-electron chi connectivity index (χ4n) is 3.68. The maximum Gasteiger partial charge on any atom is 0.281 e. The Hall–Kier alpha value is -1.28. The molecule has 1 aromatic carbocycles. The average molecular weight is 367 g/mol. The standard InChI is InChI=1S/C18H26FN3O2S/c1-20(2)25(23,24)22-13-16-7-10-18(14-22)21(12-16)11-3-4-15-5-8-17(19)9-6-15/h3-6,8-9,16,18H,7,10-14H2,1-2H3/b4-3+/t16-,18-/m0/s1. The van der Waals surface area contributed by atoms with Gasteiger partial charge in [0.2, 0.25) is 0 Å². The van der Waals surface area contributed by atoms with Crippen LogP contribution in [0, 0.1) is 11.7 Å². The van der Waals surface area contributed by atoms with E-state index in [9.17, 15) is 12.8 Å². The summed E-state index contributed by atoms with van der Waals surface area (Å²) >= 11 is 0. The van der Waals surface area contributed by atoms with E-state index in [4.69, 9.17) is 0 Å². The van der Waals surface area contributed by atoms with Crippen LogP contribution in [-0.2, 0) is 10.2 Å². The van der Waals surface area contributed by atoms with Gasteiger partial charge >= 0.3 is 0 Å². The van der Waals surface area contributed by atoms with Crippen LogP contribution in [0.5, 0.6) is 0 Å². The van der Waals surface area contributed by atoms with E-state index < -0.39 is 10.2 Å². The number of hydrogen-bond donors (Lipinski definition) is 0. The van der Waals surface area contributed by atoms with Crippen molar-refractivity contribution in [3.63, 3.8) is 0 Å². The Balaban J connectivity index is 1.66. The Kier molecular flexibility index (Phi) is 5.58. The van der Waals surface area contributed by atoms with Gasteiger partial charge in [0, 0.05) is 46.3 Å². The molecule has 2 bridgehead atoms. The van der Waals surface area contributed by atoms with Crippen molar-refractivity contribution in [2.75, 3.05) is 40.3 Å². The van der Waals surface area contributed by atoms with Crippen LogP contribution >= 0.6 is 0 Å². The summed E-state index contributed by atoms with van der Waals surface area (Å²) in [6.07, 6.45) is 6.20. The van der Waals surface area contributed by atoms with E-state index in [2.05, 4.69) is 11.0 Å². The number of hydrogen-bond acceptors (Lipinski definition) is 3. The Bertz CT molecular complexity index is 718. The molecule has 25 heavy (non-hydrogen) atoms. The molecule has 0 aromatic heterocycles. The molecule has 4 rings (SSSR count). The third-order valence-electron chi connectivity index (χ3n) is 5.10. The molecule has 0 radical (unpaired) electrons. The molecule has 0 saturated carbocycles. The second-order valence-corrected chi connectivity index (χ2v) is 9.25. The molecular weight excluding hydrogens is 341 g/mol. The van der Waals surface area contributed by atoms with Crippen LogP contribution in [0.15, 0.2) is 30.3 Å². The van der Waals surface area contributed by atoms with E-state index in [1.807, 2.05) is 6.08 Å². The minimum atomic E-state index is -3.35. The van der Waals surface area contributed by atoms with Crippen LogP contribution in [0.3, 0.4) is 0 Å². The summed E-state index contributed by atoms with van der Waals surface area (Å²) in [7, 11) is -0.176. The van der Waals surface area contributed by atoms with Gasteiger partial charge in [0.1, 0.15) is 5.82 Å². The Morgan fingerprint density at radius 1 is 1.16 bits per heavy atom. The summed E-state index contributed by atoms with van der Waals surface area (Å²) < 4.78 is 40.8. The normalized spacial score (nSPS) is 25.8. The van der Waals surface area contributed by atoms with Gasteiger partial charge in [-0.3, -0.25) is 4.90 Å². The lowest BCUT2D eigenvalue weighted by Crippen LogP contribution is -2.46. The minimum Gasteiger partial charge on any atom is -0.295 e. The highest BCUT2D eigenvalue weighted by Crippen LogP contribution is 2.29. The highest BCUT2D eigenvalue weighted by atomic mass is 32.2. The van der Waals surface area contributed by atoms with E-state index in [0.717, 1.165) is 31.5 Å². The lowest BCUT2D eigenvalue weighted by Gasteiger charge is -2.35. The summed E-state index contributed by atoms with van der Waals surface area (Å²) in [5, 5.41) is 0. The highest BCUT2D eigenvalue weighted by molar-refractivity contribution is 7.86. The van der Waals surface area contributed by atoms with Crippen molar-refractivity contribution >= 4 is 16.3 Å². The maximum atomic E-state index is 12.9. The van der Waals surface area contributed by atoms with Crippen LogP contribution in [0.1, 0.15) is 18.4 Å². The molecule has 3 heterocycles. The predicted octanol–water partition coefficient (Wildman–Crippen LogP) is 2.04. The molecule has 3 saturated heterocycles. The molecule has 3 aliphatic heterocycles. The first-order chi connectivity index (χ1) is 11.9. The summed E-state index contributed by atoms with van der Waals surface area (Å²) in [4.78, 5) is 2.37. The summed E-state index contributed by atoms with van der Waals surface area (Å²) in [6, 6.07) is 6.68. The van der Waals surface area contributed by atoms with Crippen molar-refractivity contribution in [1.29, 1.82) is 0 Å². The zero-order valence-electron chi connectivity index (χ0n) is 14.8. The second-order valence-electron chi connectivity index (χ2n) is 7.11. The third-order valence-corrected chi connectivity index (χ3v) is 6.98. The first-order valence-electron chi connectivity index (χ1n) is 8.70. The Morgan fingerprint density at radius 3 is 2.56 bits per heavy atom. The molecule has 3 fully saturated rings. The largest absolute Gasteiger partial charge is 0.295 e. The highest BCUT2D eigenvalue weighted by Gasteiger charge is 2.39. The van der Waals surface area contributed by atoms with Crippen molar-refractivity contribution in [2.45, 2.75) is 18.9 Å². The predicted molar refractivity (Wildman–Crippen MR) is 97.7 cm³/mol. The smallest absolute Gasteiger partial charge is 0.281 e. The number of fused-ring (bicyclic) bond motifs is 4. The first kappa shape index (κ1) is 18.5. The van der Waals surface area contributed by atoms with Crippen LogP contribution in [0.2, 0.25) is 0 Å². The van der Waals surface area contributed by atoms with Gasteiger partial charge < -0.3 is 0 Å². The zero-order valence-corrected chi connectivity index (χ0v) is 15.6. The molecular formula is C18H26FN3O2S. The van der Waals surface area contributed by atoms with Crippen molar-refractivity contribution in [3.8, 4) is 0 Å². The molecule has 5 nitrogen and oxygen atoms in total. The fourth-order valence-corrected chi connectivity index (χ4v) is 4.90. The Labute approximate surface area is 149 Å². The SMILES string of the molecule is CN(C)S(=O)(=O)N1C[C@H]2CC[C@@H](C1)N(C/C=C/c1ccc(F)cc1)C2. The number of piperidine rings is 1. The molecule has 0 aliphatic carbocycles. The van der Waals surface area contributed by atoms with Crippen molar-refractivity contribution in [1.82, 2.24) is 13.5 Å². The van der Waals surface area contributed by atoms with Crippen LogP contribution in [0.25, 0.3) is 6.08 Å². The van der Waals surface area contributed by atoms with E-state index in [0.29, 0.717) is 19.0 Å². The van der Waals surface area contributed by atoms with Gasteiger partial charge in [0.25, 0.3) is 10.2 Å². The number of halogens is 1. The summed E-state index contributed by atoms with van der Waals surface area (Å²) in [6.45, 7) is 2.88. The zero-order chi connectivity index (χ0) is 18.0. The van der Waals surface area contributed by atoms with Crippen molar-refractivity contribution in [2.24, 2.45) is 5.92 Å². The third kappa shape index (κ3) is 4.28. The number of nitrogens with zero attached hydrogens (tertiary/aromatic N) is 3. The van der Waals surface area contributed by atoms with Gasteiger partial charge in [-0.25, -0.2) is 4.39 Å². The lowest BCUT2D eigenvalue weighted by molar-refractivity contribution is 0.149. The molecule has 0 spiro atoms. The molecule has 2 atom stereocenters. The maximum absolute atomic E-state index is 12.9. The second kappa shape index (κ2) is 7.53. The van der Waals surface area contributed by atoms with E-state index in [1.54, 1.807) is 30.5 Å². The quantitative estimate of drug-likeness (QED) is 0.800. The number of rotatable bonds is 5. The van der Waals surface area contributed by atoms with Crippen LogP contribution < -0.4 is 0 Å². The number of benzene rings is 1. The first-order valence-corrected chi connectivity index (χ1v) is 10.1. The van der Waals surface area contributed by atoms with Gasteiger partial charge in [-0.2, -0.15) is 17.0 Å². The molecule has 0 unspecified atom stereocenters. The van der Waals surface area contributed by atoms with E-state index in [-0.39, 0.29) is 11.9 Å². The fraction of sp³-hybridized carbons (Fsp3) is 0.556. The molecule has 3 aliphatic rings. The van der Waals surface area contributed by atoms with Crippen molar-refractivity contribution in [3.05, 3.63) is 41.7 Å². The monoisotopic (exact) mass is 367 g/mol. The topological polar surface area (TPSA) is 43.9 Å². The molecule has 0 amide bonds. The molecule has 1 aromatic rings. The lowest BCUT2D eigenvalue weighted by atomic mass is 9.95. The summed E-state index contributed by atoms with van der Waals surface area (Å²) in [5.41, 5.74) is 0.971. The molecule has 138 valence electrons. The summed E-state index contributed by atoms with van der Waals surface area (Å²) in [5.74, 6) is 0.150. The van der Waals surface area contributed by atoms with E-state index in [1.165, 1.54) is 16.4 Å². The Morgan fingerprint density at radius 2 is 1.88 bits per heavy atom. The molecule has 0 N–H and O–H groups in total. The van der Waals surface area contributed by atoms with Gasteiger partial charge in [-0.05, 0) is 36.5 Å². The average Bonchev–Trinajstić information content (AvgIpc) is 2.89. The van der Waals surface area contributed by atoms with Crippen LogP contribution in [-0.4, -0.2) is 68.2 Å².